The van der Waals surface area contributed by atoms with Gasteiger partial charge in [0.05, 0.1) is 13.2 Å². The maximum atomic E-state index is 13.3. The monoisotopic (exact) mass is 367 g/mol. The van der Waals surface area contributed by atoms with E-state index in [2.05, 4.69) is 19.1 Å². The Morgan fingerprint density at radius 2 is 1.74 bits per heavy atom. The highest BCUT2D eigenvalue weighted by atomic mass is 16.5. The van der Waals surface area contributed by atoms with Crippen LogP contribution in [0.1, 0.15) is 42.4 Å². The second kappa shape index (κ2) is 9.05. The maximum Gasteiger partial charge on any atom is 0.226 e. The third-order valence-electron chi connectivity index (χ3n) is 5.48. The van der Waals surface area contributed by atoms with Gasteiger partial charge in [-0.05, 0) is 43.4 Å². The summed E-state index contributed by atoms with van der Waals surface area (Å²) in [5.41, 5.74) is 3.33. The lowest BCUT2D eigenvalue weighted by Crippen LogP contribution is -2.38. The van der Waals surface area contributed by atoms with E-state index >= 15 is 0 Å². The molecule has 0 aromatic heterocycles. The van der Waals surface area contributed by atoms with Gasteiger partial charge in [-0.2, -0.15) is 0 Å². The van der Waals surface area contributed by atoms with E-state index in [1.165, 1.54) is 5.56 Å². The van der Waals surface area contributed by atoms with Crippen LogP contribution in [0.15, 0.2) is 48.5 Å². The number of ether oxygens (including phenoxy) is 1. The molecule has 0 saturated heterocycles. The van der Waals surface area contributed by atoms with Crippen LogP contribution in [0.4, 0.5) is 0 Å². The number of aliphatic hydroxyl groups excluding tert-OH is 1. The van der Waals surface area contributed by atoms with Crippen LogP contribution in [0.2, 0.25) is 0 Å². The van der Waals surface area contributed by atoms with Crippen LogP contribution in [-0.2, 0) is 17.9 Å². The molecule has 1 N–H and O–H groups in total. The van der Waals surface area contributed by atoms with E-state index in [0.717, 1.165) is 36.1 Å². The number of carbonyl (C=O) groups excluding carboxylic acids is 1. The molecular formula is C23H29NO3. The molecule has 0 radical (unpaired) electrons. The number of nitrogens with zero attached hydrogens (tertiary/aromatic N) is 1. The first-order valence-electron chi connectivity index (χ1n) is 9.71. The molecule has 144 valence electrons. The lowest BCUT2D eigenvalue weighted by atomic mass is 9.86. The zero-order chi connectivity index (χ0) is 19.2. The number of benzene rings is 2. The van der Waals surface area contributed by atoms with E-state index < -0.39 is 0 Å². The van der Waals surface area contributed by atoms with Crippen LogP contribution in [-0.4, -0.2) is 29.1 Å². The van der Waals surface area contributed by atoms with E-state index in [4.69, 9.17) is 4.74 Å². The van der Waals surface area contributed by atoms with Crippen LogP contribution in [0.3, 0.4) is 0 Å². The Labute approximate surface area is 161 Å². The quantitative estimate of drug-likeness (QED) is 0.837. The van der Waals surface area contributed by atoms with Crippen LogP contribution in [0.25, 0.3) is 0 Å². The Bertz CT molecular complexity index is 774. The molecule has 27 heavy (non-hydrogen) atoms. The first kappa shape index (κ1) is 19.4. The van der Waals surface area contributed by atoms with Gasteiger partial charge in [0.2, 0.25) is 5.91 Å². The van der Waals surface area contributed by atoms with Crippen molar-refractivity contribution in [1.29, 1.82) is 0 Å². The van der Waals surface area contributed by atoms with E-state index in [1.54, 1.807) is 7.11 Å². The van der Waals surface area contributed by atoms with Crippen LogP contribution >= 0.6 is 0 Å². The number of aliphatic hydroxyl groups is 1. The van der Waals surface area contributed by atoms with Crippen LogP contribution in [0, 0.1) is 12.8 Å². The number of rotatable bonds is 6. The zero-order valence-electron chi connectivity index (χ0n) is 16.2. The fourth-order valence-electron chi connectivity index (χ4n) is 3.89. The molecular weight excluding hydrogens is 338 g/mol. The lowest BCUT2D eigenvalue weighted by molar-refractivity contribution is -0.139. The highest BCUT2D eigenvalue weighted by Gasteiger charge is 2.30. The molecule has 1 saturated carbocycles. The Balaban J connectivity index is 1.86. The smallest absolute Gasteiger partial charge is 0.226 e. The summed E-state index contributed by atoms with van der Waals surface area (Å²) in [6, 6.07) is 16.0. The minimum absolute atomic E-state index is 0.104. The fraction of sp³-hybridized carbons (Fsp3) is 0.435. The molecule has 1 amide bonds. The van der Waals surface area contributed by atoms with Gasteiger partial charge >= 0.3 is 0 Å². The Hall–Kier alpha value is -2.33. The summed E-state index contributed by atoms with van der Waals surface area (Å²) in [7, 11) is 1.66. The lowest BCUT2D eigenvalue weighted by Gasteiger charge is -2.32. The summed E-state index contributed by atoms with van der Waals surface area (Å²) in [6.07, 6.45) is 2.76. The fourth-order valence-corrected chi connectivity index (χ4v) is 3.89. The second-order valence-electron chi connectivity index (χ2n) is 7.45. The van der Waals surface area contributed by atoms with E-state index in [-0.39, 0.29) is 17.9 Å². The topological polar surface area (TPSA) is 49.8 Å². The Kier molecular flexibility index (Phi) is 6.51. The third kappa shape index (κ3) is 4.89. The normalized spacial score (nSPS) is 19.5. The van der Waals surface area contributed by atoms with Gasteiger partial charge in [0, 0.05) is 24.6 Å². The Morgan fingerprint density at radius 3 is 2.44 bits per heavy atom. The molecule has 0 bridgehead atoms. The SMILES string of the molecule is COc1ccccc1CN(Cc1ccccc1C)C(=O)[C@H]1CCC[C@H](O)C1. The predicted octanol–water partition coefficient (Wildman–Crippen LogP) is 4.08. The first-order valence-corrected chi connectivity index (χ1v) is 9.71. The molecule has 0 unspecified atom stereocenters. The molecule has 2 aromatic rings. The van der Waals surface area contributed by atoms with Crippen molar-refractivity contribution in [3.05, 3.63) is 65.2 Å². The van der Waals surface area contributed by atoms with Gasteiger partial charge in [-0.15, -0.1) is 0 Å². The van der Waals surface area contributed by atoms with E-state index in [0.29, 0.717) is 19.5 Å². The van der Waals surface area contributed by atoms with Crippen molar-refractivity contribution < 1.29 is 14.6 Å². The van der Waals surface area contributed by atoms with Gasteiger partial charge in [-0.25, -0.2) is 0 Å². The van der Waals surface area contributed by atoms with Crippen LogP contribution in [0.5, 0.6) is 5.75 Å². The van der Waals surface area contributed by atoms with Crippen molar-refractivity contribution in [3.8, 4) is 5.75 Å². The highest BCUT2D eigenvalue weighted by Crippen LogP contribution is 2.29. The number of para-hydroxylation sites is 1. The first-order chi connectivity index (χ1) is 13.1. The molecule has 0 aliphatic heterocycles. The van der Waals surface area contributed by atoms with E-state index in [1.807, 2.05) is 41.3 Å². The highest BCUT2D eigenvalue weighted by molar-refractivity contribution is 5.79. The van der Waals surface area contributed by atoms with Gasteiger partial charge < -0.3 is 14.7 Å². The molecule has 2 atom stereocenters. The van der Waals surface area contributed by atoms with Crippen molar-refractivity contribution in [2.45, 2.75) is 51.8 Å². The molecule has 4 nitrogen and oxygen atoms in total. The number of amides is 1. The number of aryl methyl sites for hydroxylation is 1. The zero-order valence-corrected chi connectivity index (χ0v) is 16.2. The number of carbonyl (C=O) groups is 1. The summed E-state index contributed by atoms with van der Waals surface area (Å²) in [5, 5.41) is 10.0. The molecule has 4 heteroatoms. The number of methoxy groups -OCH3 is 1. The summed E-state index contributed by atoms with van der Waals surface area (Å²) in [4.78, 5) is 15.3. The van der Waals surface area contributed by atoms with Crippen molar-refractivity contribution in [1.82, 2.24) is 4.90 Å². The number of hydrogen-bond donors (Lipinski definition) is 1. The average Bonchev–Trinajstić information content (AvgIpc) is 2.69. The van der Waals surface area contributed by atoms with Crippen molar-refractivity contribution in [2.24, 2.45) is 5.92 Å². The average molecular weight is 367 g/mol. The molecule has 0 heterocycles. The second-order valence-corrected chi connectivity index (χ2v) is 7.45. The molecule has 1 fully saturated rings. The van der Waals surface area contributed by atoms with Gasteiger partial charge in [0.1, 0.15) is 5.75 Å². The van der Waals surface area contributed by atoms with Gasteiger partial charge in [0.25, 0.3) is 0 Å². The maximum absolute atomic E-state index is 13.3. The summed E-state index contributed by atoms with van der Waals surface area (Å²) in [5.74, 6) is 0.819. The van der Waals surface area contributed by atoms with Crippen molar-refractivity contribution in [2.75, 3.05) is 7.11 Å². The van der Waals surface area contributed by atoms with Crippen molar-refractivity contribution >= 4 is 5.91 Å². The Morgan fingerprint density at radius 1 is 1.07 bits per heavy atom. The molecule has 1 aliphatic carbocycles. The number of hydrogen-bond acceptors (Lipinski definition) is 3. The summed E-state index contributed by atoms with van der Waals surface area (Å²) >= 11 is 0. The largest absolute Gasteiger partial charge is 0.496 e. The van der Waals surface area contributed by atoms with E-state index in [9.17, 15) is 9.90 Å². The van der Waals surface area contributed by atoms with Gasteiger partial charge in [-0.1, -0.05) is 48.9 Å². The summed E-state index contributed by atoms with van der Waals surface area (Å²) in [6.45, 7) is 3.14. The summed E-state index contributed by atoms with van der Waals surface area (Å²) < 4.78 is 5.48. The van der Waals surface area contributed by atoms with Crippen molar-refractivity contribution in [3.63, 3.8) is 0 Å². The molecule has 3 rings (SSSR count). The van der Waals surface area contributed by atoms with Gasteiger partial charge in [0.15, 0.2) is 0 Å². The molecule has 1 aliphatic rings. The molecule has 2 aromatic carbocycles. The van der Waals surface area contributed by atoms with Gasteiger partial charge in [-0.3, -0.25) is 4.79 Å². The standard InChI is InChI=1S/C23H29NO3/c1-17-8-3-4-9-19(17)15-24(16-20-10-5-6-13-22(20)27-2)23(26)18-11-7-12-21(25)14-18/h3-6,8-10,13,18,21,25H,7,11-12,14-16H2,1-2H3/t18-,21-/m0/s1. The van der Waals surface area contributed by atoms with Crippen LogP contribution < -0.4 is 4.74 Å². The third-order valence-corrected chi connectivity index (χ3v) is 5.48. The molecule has 0 spiro atoms. The minimum atomic E-state index is -0.362. The predicted molar refractivity (Wildman–Crippen MR) is 106 cm³/mol. The minimum Gasteiger partial charge on any atom is -0.496 e.